The molecule has 0 saturated heterocycles. The van der Waals surface area contributed by atoms with E-state index in [2.05, 4.69) is 99.5 Å². The number of rotatable bonds is 2. The molecule has 2 unspecified atom stereocenters. The summed E-state index contributed by atoms with van der Waals surface area (Å²) in [6, 6.07) is 17.7. The molecular formula is C23H27Cl2Si2Zr-. The summed E-state index contributed by atoms with van der Waals surface area (Å²) in [6.45, 7) is 12.0. The van der Waals surface area contributed by atoms with Gasteiger partial charge in [-0.1, -0.05) is 79.3 Å². The van der Waals surface area contributed by atoms with Crippen LogP contribution in [0.3, 0.4) is 0 Å². The fraction of sp³-hybridized carbons (Fsp3) is 0.304. The van der Waals surface area contributed by atoms with Gasteiger partial charge in [-0.3, -0.25) is 6.08 Å². The van der Waals surface area contributed by atoms with Crippen molar-refractivity contribution in [2.75, 3.05) is 0 Å². The molecule has 146 valence electrons. The van der Waals surface area contributed by atoms with Crippen LogP contribution in [0, 0.1) is 6.08 Å². The number of benzene rings is 2. The van der Waals surface area contributed by atoms with Crippen molar-refractivity contribution in [2.24, 2.45) is 0 Å². The monoisotopic (exact) mass is 519 g/mol. The normalized spacial score (nSPS) is 18.6. The van der Waals surface area contributed by atoms with E-state index in [1.54, 1.807) is 28.5 Å². The van der Waals surface area contributed by atoms with Crippen molar-refractivity contribution >= 4 is 25.7 Å². The summed E-state index contributed by atoms with van der Waals surface area (Å²) in [7, 11) is -1.37. The third-order valence-electron chi connectivity index (χ3n) is 4.93. The molecular weight excluding hydrogens is 495 g/mol. The molecule has 0 saturated carbocycles. The van der Waals surface area contributed by atoms with Gasteiger partial charge in [0.25, 0.3) is 0 Å². The zero-order valence-electron chi connectivity index (χ0n) is 17.2. The van der Waals surface area contributed by atoms with Crippen LogP contribution in [0.25, 0.3) is 12.2 Å². The van der Waals surface area contributed by atoms with E-state index in [1.807, 2.05) is 0 Å². The minimum absolute atomic E-state index is 0. The summed E-state index contributed by atoms with van der Waals surface area (Å²) in [5, 5.41) is 1.66. The molecule has 0 aromatic heterocycles. The van der Waals surface area contributed by atoms with Crippen molar-refractivity contribution in [3.05, 3.63) is 82.1 Å². The van der Waals surface area contributed by atoms with Crippen LogP contribution in [0.5, 0.6) is 0 Å². The molecule has 0 amide bonds. The van der Waals surface area contributed by atoms with Gasteiger partial charge in [0.15, 0.2) is 0 Å². The van der Waals surface area contributed by atoms with Crippen molar-refractivity contribution in [3.63, 3.8) is 0 Å². The molecule has 0 nitrogen and oxygen atoms in total. The smallest absolute Gasteiger partial charge is 1.00 e. The van der Waals surface area contributed by atoms with E-state index in [1.165, 1.54) is 22.3 Å². The summed E-state index contributed by atoms with van der Waals surface area (Å²) >= 11 is 1.74. The van der Waals surface area contributed by atoms with E-state index in [9.17, 15) is 0 Å². The molecule has 0 radical (unpaired) electrons. The Hall–Kier alpha value is -0.183. The van der Waals surface area contributed by atoms with Crippen LogP contribution in [0.2, 0.25) is 32.7 Å². The third kappa shape index (κ3) is 5.70. The predicted molar refractivity (Wildman–Crippen MR) is 115 cm³/mol. The first-order valence-electron chi connectivity index (χ1n) is 9.30. The largest absolute Gasteiger partial charge is 1.00 e. The maximum absolute atomic E-state index is 3.66. The Labute approximate surface area is 199 Å². The number of hydrogen-bond acceptors (Lipinski definition) is 0. The molecule has 0 aliphatic heterocycles. The zero-order valence-corrected chi connectivity index (χ0v) is 23.2. The van der Waals surface area contributed by atoms with E-state index in [0.717, 1.165) is 0 Å². The van der Waals surface area contributed by atoms with Gasteiger partial charge in [0, 0.05) is 0 Å². The number of halogens is 2. The number of allylic oxidation sites excluding steroid dienone is 2. The van der Waals surface area contributed by atoms with Crippen LogP contribution in [0.1, 0.15) is 34.1 Å². The standard InChI is InChI=1S/C21H21Si.C2H6Si.2ClH.Zr/c1-22(2,3)20-14-16-9-5-7-11-18(16)21(20)19-13-12-15-8-4-6-10-17(15)19;1-3-2;;;/h4-12,14,19,21H,1-3H3;1-2H3;2*1H;/q-1;;;;+2/p-2. The molecule has 5 heteroatoms. The van der Waals surface area contributed by atoms with Gasteiger partial charge in [0.1, 0.15) is 0 Å². The van der Waals surface area contributed by atoms with Crippen LogP contribution < -0.4 is 24.8 Å². The quantitative estimate of drug-likeness (QED) is 0.398. The number of hydrogen-bond donors (Lipinski definition) is 0. The Balaban J connectivity index is 0.000000601. The van der Waals surface area contributed by atoms with Crippen LogP contribution in [0.15, 0.2) is 53.7 Å². The van der Waals surface area contributed by atoms with E-state index >= 15 is 0 Å². The van der Waals surface area contributed by atoms with Gasteiger partial charge in [-0.25, -0.2) is 6.08 Å². The van der Waals surface area contributed by atoms with Gasteiger partial charge in [-0.2, -0.15) is 5.56 Å². The van der Waals surface area contributed by atoms with Gasteiger partial charge < -0.3 is 24.8 Å². The minimum Gasteiger partial charge on any atom is -1.00 e. The van der Waals surface area contributed by atoms with E-state index < -0.39 is 8.07 Å². The fourth-order valence-electron chi connectivity index (χ4n) is 3.86. The van der Waals surface area contributed by atoms with Gasteiger partial charge in [-0.05, 0) is 17.0 Å². The van der Waals surface area contributed by atoms with Crippen molar-refractivity contribution in [3.8, 4) is 0 Å². The van der Waals surface area contributed by atoms with Crippen molar-refractivity contribution < 1.29 is 48.1 Å². The van der Waals surface area contributed by atoms with E-state index in [-0.39, 0.29) is 30.2 Å². The predicted octanol–water partition coefficient (Wildman–Crippen LogP) is 0.451. The van der Waals surface area contributed by atoms with Crippen molar-refractivity contribution in [1.29, 1.82) is 0 Å². The molecule has 0 spiro atoms. The Morgan fingerprint density at radius 3 is 1.93 bits per heavy atom. The molecule has 2 aromatic carbocycles. The van der Waals surface area contributed by atoms with Gasteiger partial charge in [-0.15, -0.1) is 11.6 Å². The van der Waals surface area contributed by atoms with Gasteiger partial charge >= 0.3 is 41.9 Å². The summed E-state index contributed by atoms with van der Waals surface area (Å²) in [6.07, 6.45) is 8.31. The van der Waals surface area contributed by atoms with Crippen molar-refractivity contribution in [2.45, 2.75) is 44.6 Å². The SMILES string of the molecule is C[Si](C)(C)C1=Cc2ccccc2C1C1[C-]=Cc2ccccc21.C[Si](C)=[Zr+2].[Cl-].[Cl-]. The maximum atomic E-state index is 3.66. The first-order chi connectivity index (χ1) is 12.3. The molecule has 2 atom stereocenters. The molecule has 4 rings (SSSR count). The third-order valence-corrected chi connectivity index (χ3v) is 7.11. The second kappa shape index (κ2) is 10.7. The summed E-state index contributed by atoms with van der Waals surface area (Å²) in [5.41, 5.74) is 5.89. The first kappa shape index (κ1) is 25.9. The fourth-order valence-corrected chi connectivity index (χ4v) is 5.71. The molecule has 2 aliphatic rings. The molecule has 0 N–H and O–H groups in total. The Bertz CT molecular complexity index is 893. The van der Waals surface area contributed by atoms with Gasteiger partial charge in [0.05, 0.1) is 8.07 Å². The Morgan fingerprint density at radius 2 is 1.36 bits per heavy atom. The van der Waals surface area contributed by atoms with E-state index in [4.69, 9.17) is 0 Å². The average molecular weight is 522 g/mol. The topological polar surface area (TPSA) is 0 Å². The molecule has 0 bridgehead atoms. The summed E-state index contributed by atoms with van der Waals surface area (Å²) in [5.74, 6) is 0.848. The first-order valence-corrected chi connectivity index (χ1v) is 19.0. The van der Waals surface area contributed by atoms with Crippen LogP contribution in [0.4, 0.5) is 0 Å². The zero-order chi connectivity index (χ0) is 18.9. The van der Waals surface area contributed by atoms with Gasteiger partial charge in [0.2, 0.25) is 0 Å². The summed E-state index contributed by atoms with van der Waals surface area (Å²) < 4.78 is 0. The van der Waals surface area contributed by atoms with Crippen LogP contribution >= 0.6 is 0 Å². The Morgan fingerprint density at radius 1 is 0.857 bits per heavy atom. The second-order valence-corrected chi connectivity index (χ2v) is 22.8. The Kier molecular flexibility index (Phi) is 9.91. The minimum atomic E-state index is -1.37. The van der Waals surface area contributed by atoms with Crippen LogP contribution in [-0.2, 0) is 23.3 Å². The molecule has 2 aliphatic carbocycles. The average Bonchev–Trinajstić information content (AvgIpc) is 3.14. The van der Waals surface area contributed by atoms with Crippen LogP contribution in [-0.4, -0.2) is 13.5 Å². The molecule has 28 heavy (non-hydrogen) atoms. The molecule has 0 heterocycles. The maximum Gasteiger partial charge on any atom is -1.00 e. The number of fused-ring (bicyclic) bond motifs is 2. The molecule has 0 fully saturated rings. The van der Waals surface area contributed by atoms with E-state index in [0.29, 0.717) is 11.8 Å². The summed E-state index contributed by atoms with van der Waals surface area (Å²) in [4.78, 5) is 0. The second-order valence-electron chi connectivity index (χ2n) is 8.37. The molecule has 2 aromatic rings. The van der Waals surface area contributed by atoms with Crippen molar-refractivity contribution in [1.82, 2.24) is 0 Å².